The molecule has 0 aliphatic carbocycles. The molecule has 0 aromatic heterocycles. The molecule has 0 saturated carbocycles. The smallest absolute Gasteiger partial charge is 0.223 e. The molecule has 1 aromatic rings. The Labute approximate surface area is 147 Å². The maximum Gasteiger partial charge on any atom is 0.223 e. The van der Waals surface area contributed by atoms with Crippen LogP contribution in [0.15, 0.2) is 18.2 Å². The number of hydrogen-bond donors (Lipinski definition) is 0. The third kappa shape index (κ3) is 5.80. The first-order valence-electron chi connectivity index (χ1n) is 8.78. The van der Waals surface area contributed by atoms with Gasteiger partial charge in [0, 0.05) is 40.0 Å². The zero-order valence-corrected chi connectivity index (χ0v) is 14.9. The number of piperidine rings is 1. The molecule has 0 unspecified atom stereocenters. The van der Waals surface area contributed by atoms with Crippen molar-refractivity contribution in [3.63, 3.8) is 0 Å². The normalized spacial score (nSPS) is 17.4. The van der Waals surface area contributed by atoms with Gasteiger partial charge in [0.25, 0.3) is 0 Å². The van der Waals surface area contributed by atoms with Gasteiger partial charge in [0.2, 0.25) is 11.8 Å². The summed E-state index contributed by atoms with van der Waals surface area (Å²) in [6.07, 6.45) is 3.96. The summed E-state index contributed by atoms with van der Waals surface area (Å²) < 4.78 is 26.2. The van der Waals surface area contributed by atoms with Crippen LogP contribution in [0.5, 0.6) is 0 Å². The van der Waals surface area contributed by atoms with Crippen molar-refractivity contribution in [2.24, 2.45) is 5.92 Å². The van der Waals surface area contributed by atoms with Crippen molar-refractivity contribution in [3.8, 4) is 0 Å². The predicted molar refractivity (Wildman–Crippen MR) is 91.9 cm³/mol. The van der Waals surface area contributed by atoms with Crippen LogP contribution in [-0.4, -0.2) is 48.8 Å². The third-order valence-corrected chi connectivity index (χ3v) is 4.75. The molecule has 1 atom stereocenters. The van der Waals surface area contributed by atoms with Gasteiger partial charge < -0.3 is 9.80 Å². The molecule has 1 aliphatic heterocycles. The average molecular weight is 352 g/mol. The average Bonchev–Trinajstić information content (AvgIpc) is 2.60. The number of nitrogens with zero attached hydrogens (tertiary/aromatic N) is 2. The topological polar surface area (TPSA) is 40.6 Å². The summed E-state index contributed by atoms with van der Waals surface area (Å²) >= 11 is 0. The summed E-state index contributed by atoms with van der Waals surface area (Å²) in [4.78, 5) is 27.2. The Kier molecular flexibility index (Phi) is 6.91. The molecular weight excluding hydrogens is 326 g/mol. The number of halogens is 2. The van der Waals surface area contributed by atoms with Gasteiger partial charge >= 0.3 is 0 Å². The van der Waals surface area contributed by atoms with Crippen LogP contribution in [0, 0.1) is 17.6 Å². The summed E-state index contributed by atoms with van der Waals surface area (Å²) in [7, 11) is 3.37. The molecule has 1 saturated heterocycles. The Morgan fingerprint density at radius 1 is 1.20 bits per heavy atom. The van der Waals surface area contributed by atoms with Crippen molar-refractivity contribution >= 4 is 11.8 Å². The molecule has 1 aliphatic rings. The first-order valence-corrected chi connectivity index (χ1v) is 8.78. The molecule has 2 amide bonds. The van der Waals surface area contributed by atoms with Gasteiger partial charge in [-0.2, -0.15) is 0 Å². The highest BCUT2D eigenvalue weighted by atomic mass is 19.2. The number of carbonyl (C=O) groups excluding carboxylic acids is 2. The van der Waals surface area contributed by atoms with E-state index in [1.54, 1.807) is 20.2 Å². The standard InChI is InChI=1S/C19H26F2N2O2/c1-22(2)18(24)9-10-19(25)23-11-3-4-15(13-23)6-5-14-7-8-16(20)17(21)12-14/h7-8,12,15H,3-6,9-11,13H2,1-2H3/t15-/m1/s1. The maximum atomic E-state index is 13.3. The van der Waals surface area contributed by atoms with Crippen molar-refractivity contribution < 1.29 is 18.4 Å². The van der Waals surface area contributed by atoms with E-state index < -0.39 is 11.6 Å². The van der Waals surface area contributed by atoms with E-state index in [1.807, 2.05) is 4.90 Å². The number of rotatable bonds is 6. The van der Waals surface area contributed by atoms with Crippen LogP contribution in [0.3, 0.4) is 0 Å². The van der Waals surface area contributed by atoms with Crippen molar-refractivity contribution in [2.45, 2.75) is 38.5 Å². The van der Waals surface area contributed by atoms with Crippen molar-refractivity contribution in [1.29, 1.82) is 0 Å². The van der Waals surface area contributed by atoms with Crippen LogP contribution in [0.4, 0.5) is 8.78 Å². The number of aryl methyl sites for hydroxylation is 1. The zero-order valence-electron chi connectivity index (χ0n) is 14.9. The molecule has 0 spiro atoms. The summed E-state index contributed by atoms with van der Waals surface area (Å²) in [5.74, 6) is -1.31. The van der Waals surface area contributed by atoms with Crippen molar-refractivity contribution in [3.05, 3.63) is 35.4 Å². The molecule has 25 heavy (non-hydrogen) atoms. The highest BCUT2D eigenvalue weighted by Crippen LogP contribution is 2.23. The van der Waals surface area contributed by atoms with E-state index in [-0.39, 0.29) is 24.7 Å². The molecule has 0 bridgehead atoms. The fourth-order valence-electron chi connectivity index (χ4n) is 3.19. The van der Waals surface area contributed by atoms with Crippen molar-refractivity contribution in [1.82, 2.24) is 9.80 Å². The minimum absolute atomic E-state index is 0.0210. The molecule has 1 aromatic carbocycles. The van der Waals surface area contributed by atoms with E-state index in [9.17, 15) is 18.4 Å². The van der Waals surface area contributed by atoms with Crippen LogP contribution in [0.25, 0.3) is 0 Å². The second-order valence-corrected chi connectivity index (χ2v) is 6.92. The molecule has 2 rings (SSSR count). The number of carbonyl (C=O) groups is 2. The van der Waals surface area contributed by atoms with Gasteiger partial charge in [-0.1, -0.05) is 6.07 Å². The molecule has 0 radical (unpaired) electrons. The minimum atomic E-state index is -0.828. The molecule has 6 heteroatoms. The fraction of sp³-hybridized carbons (Fsp3) is 0.579. The second kappa shape index (κ2) is 8.92. The van der Waals surface area contributed by atoms with E-state index in [4.69, 9.17) is 0 Å². The van der Waals surface area contributed by atoms with Crippen LogP contribution in [-0.2, 0) is 16.0 Å². The van der Waals surface area contributed by atoms with E-state index in [1.165, 1.54) is 11.0 Å². The van der Waals surface area contributed by atoms with Gasteiger partial charge in [-0.15, -0.1) is 0 Å². The first-order chi connectivity index (χ1) is 11.9. The highest BCUT2D eigenvalue weighted by molar-refractivity contribution is 5.83. The van der Waals surface area contributed by atoms with E-state index >= 15 is 0 Å². The third-order valence-electron chi connectivity index (χ3n) is 4.75. The molecule has 1 heterocycles. The second-order valence-electron chi connectivity index (χ2n) is 6.92. The van der Waals surface area contributed by atoms with Crippen LogP contribution in [0.2, 0.25) is 0 Å². The fourth-order valence-corrected chi connectivity index (χ4v) is 3.19. The van der Waals surface area contributed by atoms with E-state index in [2.05, 4.69) is 0 Å². The quantitative estimate of drug-likeness (QED) is 0.790. The van der Waals surface area contributed by atoms with Gasteiger partial charge in [-0.25, -0.2) is 8.78 Å². The first kappa shape index (κ1) is 19.3. The Balaban J connectivity index is 1.80. The van der Waals surface area contributed by atoms with Gasteiger partial charge in [0.05, 0.1) is 0 Å². The van der Waals surface area contributed by atoms with Gasteiger partial charge in [0.1, 0.15) is 0 Å². The summed E-state index contributed by atoms with van der Waals surface area (Å²) in [6.45, 7) is 1.41. The van der Waals surface area contributed by atoms with Gasteiger partial charge in [-0.3, -0.25) is 9.59 Å². The van der Waals surface area contributed by atoms with Crippen LogP contribution in [0.1, 0.15) is 37.7 Å². The Bertz CT molecular complexity index is 619. The molecule has 0 N–H and O–H groups in total. The Morgan fingerprint density at radius 2 is 1.96 bits per heavy atom. The van der Waals surface area contributed by atoms with Crippen molar-refractivity contribution in [2.75, 3.05) is 27.2 Å². The lowest BCUT2D eigenvalue weighted by Crippen LogP contribution is -2.40. The maximum absolute atomic E-state index is 13.3. The lowest BCUT2D eigenvalue weighted by Gasteiger charge is -2.33. The van der Waals surface area contributed by atoms with Gasteiger partial charge in [0.15, 0.2) is 11.6 Å². The monoisotopic (exact) mass is 352 g/mol. The summed E-state index contributed by atoms with van der Waals surface area (Å²) in [5, 5.41) is 0. The van der Waals surface area contributed by atoms with Gasteiger partial charge in [-0.05, 0) is 49.3 Å². The zero-order chi connectivity index (χ0) is 18.4. The molecule has 138 valence electrons. The SMILES string of the molecule is CN(C)C(=O)CCC(=O)N1CCC[C@H](CCc2ccc(F)c(F)c2)C1. The Morgan fingerprint density at radius 3 is 2.64 bits per heavy atom. The minimum Gasteiger partial charge on any atom is -0.349 e. The molecule has 1 fully saturated rings. The number of amides is 2. The summed E-state index contributed by atoms with van der Waals surface area (Å²) in [6, 6.07) is 4.01. The lowest BCUT2D eigenvalue weighted by molar-refractivity contribution is -0.137. The Hall–Kier alpha value is -1.98. The predicted octanol–water partition coefficient (Wildman–Crippen LogP) is 3.00. The van der Waals surface area contributed by atoms with E-state index in [0.717, 1.165) is 37.4 Å². The summed E-state index contributed by atoms with van der Waals surface area (Å²) in [5.41, 5.74) is 0.777. The van der Waals surface area contributed by atoms with E-state index in [0.29, 0.717) is 18.9 Å². The van der Waals surface area contributed by atoms with Crippen LogP contribution < -0.4 is 0 Å². The lowest BCUT2D eigenvalue weighted by atomic mass is 9.91. The number of hydrogen-bond acceptors (Lipinski definition) is 2. The highest BCUT2D eigenvalue weighted by Gasteiger charge is 2.24. The molecule has 4 nitrogen and oxygen atoms in total. The molecular formula is C19H26F2N2O2. The largest absolute Gasteiger partial charge is 0.349 e. The number of likely N-dealkylation sites (tertiary alicyclic amines) is 1. The van der Waals surface area contributed by atoms with Crippen LogP contribution >= 0.6 is 0 Å². The number of benzene rings is 1.